The highest BCUT2D eigenvalue weighted by Crippen LogP contribution is 2.22. The minimum absolute atomic E-state index is 0.213. The quantitative estimate of drug-likeness (QED) is 0.726. The third-order valence-corrected chi connectivity index (χ3v) is 2.71. The van der Waals surface area contributed by atoms with Crippen LogP contribution < -0.4 is 10.6 Å². The van der Waals surface area contributed by atoms with Crippen LogP contribution in [0.25, 0.3) is 0 Å². The monoisotopic (exact) mass is 270 g/mol. The Labute approximate surface area is 110 Å². The Balaban J connectivity index is 2.81. The van der Waals surface area contributed by atoms with Gasteiger partial charge in [-0.3, -0.25) is 4.79 Å². The van der Waals surface area contributed by atoms with E-state index in [9.17, 15) is 9.59 Å². The highest BCUT2D eigenvalue weighted by Gasteiger charge is 2.23. The van der Waals surface area contributed by atoms with Crippen LogP contribution in [0.1, 0.15) is 18.0 Å². The molecule has 0 aliphatic heterocycles. The lowest BCUT2D eigenvalue weighted by molar-refractivity contribution is -0.142. The summed E-state index contributed by atoms with van der Waals surface area (Å²) in [6.45, 7) is 0.487. The molecule has 6 heteroatoms. The van der Waals surface area contributed by atoms with Crippen molar-refractivity contribution < 1.29 is 14.7 Å². The van der Waals surface area contributed by atoms with E-state index in [0.29, 0.717) is 17.1 Å². The van der Waals surface area contributed by atoms with Crippen molar-refractivity contribution in [2.75, 3.05) is 13.6 Å². The predicted octanol–water partition coefficient (Wildman–Crippen LogP) is 1.19. The van der Waals surface area contributed by atoms with Gasteiger partial charge in [-0.05, 0) is 13.1 Å². The normalized spacial score (nSPS) is 11.9. The molecule has 0 bridgehead atoms. The van der Waals surface area contributed by atoms with Gasteiger partial charge in [-0.25, -0.2) is 4.79 Å². The van der Waals surface area contributed by atoms with Gasteiger partial charge >= 0.3 is 5.97 Å². The number of aliphatic carboxylic acids is 1. The molecule has 0 saturated heterocycles. The lowest BCUT2D eigenvalue weighted by atomic mass is 10.1. The molecule has 5 nitrogen and oxygen atoms in total. The molecule has 0 aliphatic rings. The van der Waals surface area contributed by atoms with Crippen LogP contribution in [0.3, 0.4) is 0 Å². The molecule has 0 unspecified atom stereocenters. The van der Waals surface area contributed by atoms with Gasteiger partial charge in [-0.2, -0.15) is 0 Å². The second-order valence-electron chi connectivity index (χ2n) is 3.71. The molecule has 3 N–H and O–H groups in total. The largest absolute Gasteiger partial charge is 0.479 e. The van der Waals surface area contributed by atoms with Crippen molar-refractivity contribution >= 4 is 23.5 Å². The Kier molecular flexibility index (Phi) is 5.61. The lowest BCUT2D eigenvalue weighted by Crippen LogP contribution is -2.35. The predicted molar refractivity (Wildman–Crippen MR) is 68.5 cm³/mol. The minimum Gasteiger partial charge on any atom is -0.479 e. The second-order valence-corrected chi connectivity index (χ2v) is 4.12. The van der Waals surface area contributed by atoms with Gasteiger partial charge in [0.1, 0.15) is 0 Å². The van der Waals surface area contributed by atoms with Crippen LogP contribution in [-0.2, 0) is 9.59 Å². The van der Waals surface area contributed by atoms with Crippen LogP contribution in [0.5, 0.6) is 0 Å². The molecule has 1 aromatic carbocycles. The molecular formula is C12H15ClN2O3. The van der Waals surface area contributed by atoms with E-state index in [1.54, 1.807) is 31.3 Å². The topological polar surface area (TPSA) is 78.4 Å². The molecule has 0 aromatic heterocycles. The fraction of sp³-hybridized carbons (Fsp3) is 0.333. The number of hydrogen-bond donors (Lipinski definition) is 3. The van der Waals surface area contributed by atoms with Crippen molar-refractivity contribution in [3.8, 4) is 0 Å². The number of halogens is 1. The highest BCUT2D eigenvalue weighted by molar-refractivity contribution is 6.31. The Morgan fingerprint density at radius 2 is 2.06 bits per heavy atom. The Hall–Kier alpha value is -1.59. The van der Waals surface area contributed by atoms with E-state index in [4.69, 9.17) is 16.7 Å². The first-order valence-corrected chi connectivity index (χ1v) is 5.85. The molecule has 0 heterocycles. The number of hydrogen-bond acceptors (Lipinski definition) is 3. The lowest BCUT2D eigenvalue weighted by Gasteiger charge is -2.16. The first kappa shape index (κ1) is 14.5. The summed E-state index contributed by atoms with van der Waals surface area (Å²) in [4.78, 5) is 22.7. The van der Waals surface area contributed by atoms with Crippen molar-refractivity contribution in [1.29, 1.82) is 0 Å². The summed E-state index contributed by atoms with van der Waals surface area (Å²) in [5.74, 6) is -1.47. The van der Waals surface area contributed by atoms with Crippen LogP contribution in [0.2, 0.25) is 5.02 Å². The zero-order chi connectivity index (χ0) is 13.5. The maximum atomic E-state index is 11.5. The van der Waals surface area contributed by atoms with Crippen LogP contribution in [0, 0.1) is 0 Å². The van der Waals surface area contributed by atoms with Crippen LogP contribution >= 0.6 is 11.6 Å². The smallest absolute Gasteiger partial charge is 0.330 e. The number of carbonyl (C=O) groups excluding carboxylic acids is 1. The van der Waals surface area contributed by atoms with Crippen molar-refractivity contribution in [3.05, 3.63) is 34.9 Å². The molecule has 1 rings (SSSR count). The first-order chi connectivity index (χ1) is 8.56. The molecule has 0 saturated carbocycles. The van der Waals surface area contributed by atoms with Gasteiger partial charge in [-0.15, -0.1) is 0 Å². The standard InChI is InChI=1S/C12H15ClN2O3/c1-14-7-6-10(16)15-11(12(17)18)8-4-2-3-5-9(8)13/h2-5,11,14H,6-7H2,1H3,(H,15,16)(H,17,18)/t11-/m1/s1. The number of benzene rings is 1. The van der Waals surface area contributed by atoms with E-state index in [1.807, 2.05) is 0 Å². The number of nitrogens with one attached hydrogen (secondary N) is 2. The number of carboxylic acids is 1. The van der Waals surface area contributed by atoms with Crippen molar-refractivity contribution in [3.63, 3.8) is 0 Å². The van der Waals surface area contributed by atoms with E-state index >= 15 is 0 Å². The second kappa shape index (κ2) is 6.98. The summed E-state index contributed by atoms with van der Waals surface area (Å²) < 4.78 is 0. The summed E-state index contributed by atoms with van der Waals surface area (Å²) >= 11 is 5.92. The molecule has 0 aliphatic carbocycles. The molecule has 1 atom stereocenters. The SMILES string of the molecule is CNCCC(=O)N[C@@H](C(=O)O)c1ccccc1Cl. The van der Waals surface area contributed by atoms with Crippen molar-refractivity contribution in [1.82, 2.24) is 10.6 Å². The van der Waals surface area contributed by atoms with Gasteiger partial charge in [0.2, 0.25) is 5.91 Å². The molecule has 98 valence electrons. The average molecular weight is 271 g/mol. The number of amides is 1. The van der Waals surface area contributed by atoms with Crippen LogP contribution in [0.4, 0.5) is 0 Å². The molecule has 18 heavy (non-hydrogen) atoms. The maximum absolute atomic E-state index is 11.5. The number of carbonyl (C=O) groups is 2. The van der Waals surface area contributed by atoms with Gasteiger partial charge < -0.3 is 15.7 Å². The van der Waals surface area contributed by atoms with Crippen LogP contribution in [-0.4, -0.2) is 30.6 Å². The zero-order valence-corrected chi connectivity index (χ0v) is 10.7. The number of carboxylic acid groups (broad SMARTS) is 1. The fourth-order valence-corrected chi connectivity index (χ4v) is 1.70. The van der Waals surface area contributed by atoms with Gasteiger partial charge in [0, 0.05) is 23.6 Å². The summed E-state index contributed by atoms with van der Waals surface area (Å²) in [5.41, 5.74) is 0.379. The summed E-state index contributed by atoms with van der Waals surface area (Å²) in [6.07, 6.45) is 0.213. The fourth-order valence-electron chi connectivity index (χ4n) is 1.45. The summed E-state index contributed by atoms with van der Waals surface area (Å²) in [6, 6.07) is 5.43. The van der Waals surface area contributed by atoms with Gasteiger partial charge in [0.05, 0.1) is 0 Å². The Morgan fingerprint density at radius 1 is 1.39 bits per heavy atom. The zero-order valence-electron chi connectivity index (χ0n) is 9.94. The van der Waals surface area contributed by atoms with Crippen molar-refractivity contribution in [2.45, 2.75) is 12.5 Å². The van der Waals surface area contributed by atoms with E-state index in [2.05, 4.69) is 10.6 Å². The Morgan fingerprint density at radius 3 is 2.61 bits per heavy atom. The summed E-state index contributed by atoms with van der Waals surface area (Å²) in [5, 5.41) is 14.7. The molecule has 0 radical (unpaired) electrons. The first-order valence-electron chi connectivity index (χ1n) is 5.47. The van der Waals surface area contributed by atoms with E-state index < -0.39 is 12.0 Å². The molecule has 0 spiro atoms. The van der Waals surface area contributed by atoms with E-state index in [1.165, 1.54) is 0 Å². The van der Waals surface area contributed by atoms with Gasteiger partial charge in [-0.1, -0.05) is 29.8 Å². The molecule has 0 fully saturated rings. The summed E-state index contributed by atoms with van der Waals surface area (Å²) in [7, 11) is 1.72. The highest BCUT2D eigenvalue weighted by atomic mass is 35.5. The molecular weight excluding hydrogens is 256 g/mol. The van der Waals surface area contributed by atoms with Gasteiger partial charge in [0.25, 0.3) is 0 Å². The van der Waals surface area contributed by atoms with Crippen molar-refractivity contribution in [2.24, 2.45) is 0 Å². The molecule has 1 aromatic rings. The number of rotatable bonds is 6. The average Bonchev–Trinajstić information content (AvgIpc) is 2.34. The van der Waals surface area contributed by atoms with Gasteiger partial charge in [0.15, 0.2) is 6.04 Å². The van der Waals surface area contributed by atoms with E-state index in [-0.39, 0.29) is 12.3 Å². The van der Waals surface area contributed by atoms with Crippen LogP contribution in [0.15, 0.2) is 24.3 Å². The Bertz CT molecular complexity index is 437. The molecule has 1 amide bonds. The minimum atomic E-state index is -1.14. The third-order valence-electron chi connectivity index (χ3n) is 2.37. The van der Waals surface area contributed by atoms with E-state index in [0.717, 1.165) is 0 Å². The third kappa shape index (κ3) is 4.01. The maximum Gasteiger partial charge on any atom is 0.330 e.